The van der Waals surface area contributed by atoms with Crippen molar-refractivity contribution in [2.45, 2.75) is 26.7 Å². The third-order valence-electron chi connectivity index (χ3n) is 4.24. The standard InChI is InChI=1S/C19H22O6/c1-4-24-18(22)15-11(3)10-14(21)17(19(23)25-5-2)16(15)12-6-8-13(20)9-7-12/h6-10,15-17,20H,4-5H2,1-3H3. The predicted molar refractivity (Wildman–Crippen MR) is 89.9 cm³/mol. The van der Waals surface area contributed by atoms with Gasteiger partial charge in [-0.15, -0.1) is 0 Å². The number of esters is 2. The van der Waals surface area contributed by atoms with Crippen molar-refractivity contribution < 1.29 is 29.0 Å². The highest BCUT2D eigenvalue weighted by Gasteiger charge is 2.47. The molecule has 25 heavy (non-hydrogen) atoms. The quantitative estimate of drug-likeness (QED) is 0.650. The summed E-state index contributed by atoms with van der Waals surface area (Å²) in [5.74, 6) is -4.12. The molecular formula is C19H22O6. The number of phenols is 1. The highest BCUT2D eigenvalue weighted by molar-refractivity contribution is 6.08. The van der Waals surface area contributed by atoms with Crippen LogP contribution >= 0.6 is 0 Å². The van der Waals surface area contributed by atoms with Crippen molar-refractivity contribution in [3.63, 3.8) is 0 Å². The van der Waals surface area contributed by atoms with E-state index in [0.717, 1.165) is 0 Å². The monoisotopic (exact) mass is 346 g/mol. The summed E-state index contributed by atoms with van der Waals surface area (Å²) in [6.07, 6.45) is 1.32. The van der Waals surface area contributed by atoms with Crippen LogP contribution < -0.4 is 0 Å². The van der Waals surface area contributed by atoms with Gasteiger partial charge in [0.05, 0.1) is 19.1 Å². The minimum Gasteiger partial charge on any atom is -0.508 e. The molecular weight excluding hydrogens is 324 g/mol. The zero-order chi connectivity index (χ0) is 18.6. The second-order valence-corrected chi connectivity index (χ2v) is 5.87. The maximum Gasteiger partial charge on any atom is 0.317 e. The summed E-state index contributed by atoms with van der Waals surface area (Å²) in [4.78, 5) is 37.5. The first-order valence-electron chi connectivity index (χ1n) is 8.24. The molecule has 6 nitrogen and oxygen atoms in total. The van der Waals surface area contributed by atoms with Crippen molar-refractivity contribution >= 4 is 17.7 Å². The molecule has 0 heterocycles. The first-order chi connectivity index (χ1) is 11.9. The maximum atomic E-state index is 12.5. The molecule has 0 radical (unpaired) electrons. The minimum absolute atomic E-state index is 0.0542. The van der Waals surface area contributed by atoms with E-state index < -0.39 is 35.5 Å². The van der Waals surface area contributed by atoms with Crippen molar-refractivity contribution in [1.82, 2.24) is 0 Å². The number of benzene rings is 1. The van der Waals surface area contributed by atoms with E-state index in [9.17, 15) is 19.5 Å². The van der Waals surface area contributed by atoms with Crippen molar-refractivity contribution in [3.05, 3.63) is 41.5 Å². The first-order valence-corrected chi connectivity index (χ1v) is 8.24. The molecule has 3 atom stereocenters. The van der Waals surface area contributed by atoms with Crippen molar-refractivity contribution in [3.8, 4) is 5.75 Å². The van der Waals surface area contributed by atoms with Crippen molar-refractivity contribution in [2.75, 3.05) is 13.2 Å². The summed E-state index contributed by atoms with van der Waals surface area (Å²) < 4.78 is 10.2. The minimum atomic E-state index is -1.12. The number of hydrogen-bond donors (Lipinski definition) is 1. The number of aromatic hydroxyl groups is 1. The van der Waals surface area contributed by atoms with E-state index in [-0.39, 0.29) is 19.0 Å². The number of ketones is 1. The Bertz CT molecular complexity index is 688. The molecule has 0 aliphatic heterocycles. The van der Waals surface area contributed by atoms with Gasteiger partial charge in [-0.3, -0.25) is 14.4 Å². The molecule has 0 aromatic heterocycles. The molecule has 1 aliphatic rings. The van der Waals surface area contributed by atoms with Crippen LogP contribution in [0.3, 0.4) is 0 Å². The van der Waals surface area contributed by atoms with Crippen molar-refractivity contribution in [1.29, 1.82) is 0 Å². The number of hydrogen-bond acceptors (Lipinski definition) is 6. The number of allylic oxidation sites excluding steroid dienone is 1. The Kier molecular flexibility index (Phi) is 5.96. The summed E-state index contributed by atoms with van der Waals surface area (Å²) >= 11 is 0. The average Bonchev–Trinajstić information content (AvgIpc) is 2.55. The Balaban J connectivity index is 2.56. The third kappa shape index (κ3) is 3.90. The Labute approximate surface area is 146 Å². The van der Waals surface area contributed by atoms with Gasteiger partial charge < -0.3 is 14.6 Å². The lowest BCUT2D eigenvalue weighted by atomic mass is 9.68. The lowest BCUT2D eigenvalue weighted by Gasteiger charge is -2.34. The van der Waals surface area contributed by atoms with Gasteiger partial charge in [0.25, 0.3) is 0 Å². The van der Waals surface area contributed by atoms with Crippen LogP contribution in [0.5, 0.6) is 5.75 Å². The van der Waals surface area contributed by atoms with E-state index in [1.807, 2.05) is 0 Å². The molecule has 0 fully saturated rings. The molecule has 0 spiro atoms. The van der Waals surface area contributed by atoms with E-state index >= 15 is 0 Å². The Morgan fingerprint density at radius 3 is 2.04 bits per heavy atom. The Hall–Kier alpha value is -2.63. The summed E-state index contributed by atoms with van der Waals surface area (Å²) in [6, 6.07) is 6.12. The predicted octanol–water partition coefficient (Wildman–Crippen LogP) is 2.36. The van der Waals surface area contributed by atoms with E-state index in [0.29, 0.717) is 11.1 Å². The molecule has 0 amide bonds. The normalized spacial score (nSPS) is 22.9. The van der Waals surface area contributed by atoms with E-state index in [1.165, 1.54) is 18.2 Å². The number of carbonyl (C=O) groups excluding carboxylic acids is 3. The smallest absolute Gasteiger partial charge is 0.317 e. The fraction of sp³-hybridized carbons (Fsp3) is 0.421. The first kappa shape index (κ1) is 18.7. The van der Waals surface area contributed by atoms with Gasteiger partial charge in [-0.05, 0) is 44.5 Å². The molecule has 2 rings (SSSR count). The number of phenolic OH excluding ortho intramolecular Hbond substituents is 1. The Morgan fingerprint density at radius 2 is 1.52 bits per heavy atom. The highest BCUT2D eigenvalue weighted by atomic mass is 16.5. The van der Waals surface area contributed by atoms with Gasteiger partial charge in [-0.1, -0.05) is 17.7 Å². The average molecular weight is 346 g/mol. The molecule has 0 bridgehead atoms. The molecule has 6 heteroatoms. The van der Waals surface area contributed by atoms with Gasteiger partial charge in [0.15, 0.2) is 5.78 Å². The van der Waals surface area contributed by atoms with Gasteiger partial charge in [0.1, 0.15) is 11.7 Å². The summed E-state index contributed by atoms with van der Waals surface area (Å²) in [5.41, 5.74) is 1.14. The van der Waals surface area contributed by atoms with E-state index in [2.05, 4.69) is 0 Å². The van der Waals surface area contributed by atoms with Crippen LogP contribution in [0, 0.1) is 11.8 Å². The van der Waals surface area contributed by atoms with Gasteiger partial charge in [0.2, 0.25) is 0 Å². The van der Waals surface area contributed by atoms with Crippen LogP contribution in [0.1, 0.15) is 32.3 Å². The van der Waals surface area contributed by atoms with Crippen LogP contribution in [0.25, 0.3) is 0 Å². The fourth-order valence-electron chi connectivity index (χ4n) is 3.20. The lowest BCUT2D eigenvalue weighted by Crippen LogP contribution is -2.41. The van der Waals surface area contributed by atoms with Gasteiger partial charge in [0, 0.05) is 5.92 Å². The molecule has 1 N–H and O–H groups in total. The van der Waals surface area contributed by atoms with Crippen LogP contribution in [-0.4, -0.2) is 36.0 Å². The third-order valence-corrected chi connectivity index (χ3v) is 4.24. The second-order valence-electron chi connectivity index (χ2n) is 5.87. The molecule has 1 aliphatic carbocycles. The van der Waals surface area contributed by atoms with Gasteiger partial charge in [-0.2, -0.15) is 0 Å². The van der Waals surface area contributed by atoms with Crippen molar-refractivity contribution in [2.24, 2.45) is 11.8 Å². The van der Waals surface area contributed by atoms with Crippen LogP contribution in [0.15, 0.2) is 35.9 Å². The Morgan fingerprint density at radius 1 is 1.00 bits per heavy atom. The maximum absolute atomic E-state index is 12.5. The summed E-state index contributed by atoms with van der Waals surface area (Å²) in [7, 11) is 0. The lowest BCUT2D eigenvalue weighted by molar-refractivity contribution is -0.155. The van der Waals surface area contributed by atoms with Crippen LogP contribution in [0.4, 0.5) is 0 Å². The second kappa shape index (κ2) is 7.96. The highest BCUT2D eigenvalue weighted by Crippen LogP contribution is 2.42. The number of carbonyl (C=O) groups is 3. The number of ether oxygens (including phenoxy) is 2. The molecule has 0 saturated heterocycles. The van der Waals surface area contributed by atoms with E-state index in [4.69, 9.17) is 9.47 Å². The summed E-state index contributed by atoms with van der Waals surface area (Å²) in [6.45, 7) is 5.36. The van der Waals surface area contributed by atoms with Gasteiger partial charge in [-0.25, -0.2) is 0 Å². The fourth-order valence-corrected chi connectivity index (χ4v) is 3.20. The largest absolute Gasteiger partial charge is 0.508 e. The number of rotatable bonds is 5. The summed E-state index contributed by atoms with van der Waals surface area (Å²) in [5, 5.41) is 9.52. The zero-order valence-corrected chi connectivity index (χ0v) is 14.5. The van der Waals surface area contributed by atoms with Crippen LogP contribution in [-0.2, 0) is 23.9 Å². The van der Waals surface area contributed by atoms with Gasteiger partial charge >= 0.3 is 11.9 Å². The topological polar surface area (TPSA) is 89.9 Å². The SMILES string of the molecule is CCOC(=O)C1C(=O)C=C(C)C(C(=O)OCC)C1c1ccc(O)cc1. The molecule has 3 unspecified atom stereocenters. The van der Waals surface area contributed by atoms with Crippen LogP contribution in [0.2, 0.25) is 0 Å². The molecule has 1 aromatic carbocycles. The van der Waals surface area contributed by atoms with E-state index in [1.54, 1.807) is 32.9 Å². The molecule has 0 saturated carbocycles. The molecule has 134 valence electrons. The zero-order valence-electron chi connectivity index (χ0n) is 14.5. The molecule has 1 aromatic rings.